The minimum absolute atomic E-state index is 0.0767. The molecule has 3 fully saturated rings. The molecule has 7 heteroatoms. The van der Waals surface area contributed by atoms with E-state index in [0.29, 0.717) is 19.3 Å². The molecular formula is C24H31ClO6. The molecule has 0 aromatic carbocycles. The number of ether oxygens (including phenoxy) is 1. The van der Waals surface area contributed by atoms with Crippen molar-refractivity contribution in [2.45, 2.75) is 76.4 Å². The molecule has 8 atom stereocenters. The lowest BCUT2D eigenvalue weighted by atomic mass is 9.46. The van der Waals surface area contributed by atoms with E-state index in [0.717, 1.165) is 5.57 Å². The van der Waals surface area contributed by atoms with Gasteiger partial charge in [0.2, 0.25) is 5.60 Å². The summed E-state index contributed by atoms with van der Waals surface area (Å²) in [5.41, 5.74) is -2.46. The Hall–Kier alpha value is -1.66. The van der Waals surface area contributed by atoms with Crippen molar-refractivity contribution in [2.24, 2.45) is 28.6 Å². The standard InChI is InChI=1S/C24H31ClO6/c1-5-19(28)31-24(20(29)30)13(2)10-17-16-7-6-14-11-15(26)8-9-21(14,3)23(16,25)18(27)12-22(17,24)4/h8-9,11,13,16-18,27H,5-7,10,12H2,1-4H3,(H,29,30)/t13-,16-,17-,18-,21-,22-,23-,24-/m0/s1. The molecule has 3 saturated carbocycles. The van der Waals surface area contributed by atoms with Crippen LogP contribution in [0.25, 0.3) is 0 Å². The second-order valence-corrected chi connectivity index (χ2v) is 10.9. The number of carboxylic acid groups (broad SMARTS) is 1. The first kappa shape index (κ1) is 22.5. The van der Waals surface area contributed by atoms with Crippen LogP contribution in [0.15, 0.2) is 23.8 Å². The summed E-state index contributed by atoms with van der Waals surface area (Å²) in [5, 5.41) is 21.9. The number of carbonyl (C=O) groups excluding carboxylic acids is 2. The summed E-state index contributed by atoms with van der Waals surface area (Å²) in [7, 11) is 0. The molecular weight excluding hydrogens is 420 g/mol. The van der Waals surface area contributed by atoms with Gasteiger partial charge in [-0.2, -0.15) is 0 Å². The van der Waals surface area contributed by atoms with E-state index in [9.17, 15) is 24.6 Å². The Morgan fingerprint density at radius 2 is 1.97 bits per heavy atom. The second kappa shape index (κ2) is 6.92. The van der Waals surface area contributed by atoms with E-state index in [2.05, 4.69) is 0 Å². The van der Waals surface area contributed by atoms with Crippen molar-refractivity contribution in [3.8, 4) is 0 Å². The molecule has 0 heterocycles. The van der Waals surface area contributed by atoms with Crippen LogP contribution in [0.3, 0.4) is 0 Å². The highest BCUT2D eigenvalue weighted by atomic mass is 35.5. The number of aliphatic hydroxyl groups is 1. The number of rotatable bonds is 3. The van der Waals surface area contributed by atoms with E-state index in [1.165, 1.54) is 6.08 Å². The molecule has 0 unspecified atom stereocenters. The Kier molecular flexibility index (Phi) is 5.03. The maximum Gasteiger partial charge on any atom is 0.349 e. The van der Waals surface area contributed by atoms with Gasteiger partial charge in [-0.05, 0) is 49.7 Å². The van der Waals surface area contributed by atoms with Crippen molar-refractivity contribution in [2.75, 3.05) is 0 Å². The van der Waals surface area contributed by atoms with E-state index in [1.54, 1.807) is 13.0 Å². The Morgan fingerprint density at radius 1 is 1.29 bits per heavy atom. The number of hydrogen-bond acceptors (Lipinski definition) is 5. The molecule has 2 N–H and O–H groups in total. The maximum atomic E-state index is 12.7. The van der Waals surface area contributed by atoms with E-state index >= 15 is 0 Å². The van der Waals surface area contributed by atoms with Gasteiger partial charge in [-0.3, -0.25) is 9.59 Å². The molecule has 0 aliphatic heterocycles. The van der Waals surface area contributed by atoms with Gasteiger partial charge in [0, 0.05) is 23.2 Å². The zero-order valence-corrected chi connectivity index (χ0v) is 19.2. The summed E-state index contributed by atoms with van der Waals surface area (Å²) >= 11 is 7.36. The largest absolute Gasteiger partial charge is 0.478 e. The van der Waals surface area contributed by atoms with Crippen molar-refractivity contribution in [1.82, 2.24) is 0 Å². The van der Waals surface area contributed by atoms with Gasteiger partial charge in [0.15, 0.2) is 5.78 Å². The second-order valence-electron chi connectivity index (χ2n) is 10.3. The van der Waals surface area contributed by atoms with E-state index in [-0.39, 0.29) is 30.5 Å². The van der Waals surface area contributed by atoms with Crippen molar-refractivity contribution in [1.29, 1.82) is 0 Å². The molecule has 0 spiro atoms. The predicted octanol–water partition coefficient (Wildman–Crippen LogP) is 3.65. The first-order chi connectivity index (χ1) is 14.4. The van der Waals surface area contributed by atoms with Gasteiger partial charge in [-0.25, -0.2) is 4.79 Å². The van der Waals surface area contributed by atoms with Crippen LogP contribution in [-0.2, 0) is 19.1 Å². The third-order valence-corrected chi connectivity index (χ3v) is 9.99. The minimum Gasteiger partial charge on any atom is -0.478 e. The molecule has 4 aliphatic rings. The van der Waals surface area contributed by atoms with Crippen LogP contribution in [0.1, 0.15) is 59.8 Å². The molecule has 31 heavy (non-hydrogen) atoms. The SMILES string of the molecule is CCC(=O)O[C@]1(C(=O)O)[C@@H](C)C[C@H]2[C@@H]3CCC4=CC(=O)C=C[C@]4(C)[C@@]3(Cl)[C@@H](O)C[C@@]21C. The smallest absolute Gasteiger partial charge is 0.349 e. The van der Waals surface area contributed by atoms with Gasteiger partial charge in [0.25, 0.3) is 0 Å². The highest BCUT2D eigenvalue weighted by molar-refractivity contribution is 6.26. The number of aliphatic hydroxyl groups excluding tert-OH is 1. The summed E-state index contributed by atoms with van der Waals surface area (Å²) in [6.07, 6.45) is 5.97. The number of carbonyl (C=O) groups is 3. The average molecular weight is 451 g/mol. The Morgan fingerprint density at radius 3 is 2.58 bits per heavy atom. The number of halogens is 1. The monoisotopic (exact) mass is 450 g/mol. The minimum atomic E-state index is -1.71. The van der Waals surface area contributed by atoms with E-state index in [1.807, 2.05) is 26.8 Å². The number of allylic oxidation sites excluding steroid dienone is 4. The molecule has 4 rings (SSSR count). The summed E-state index contributed by atoms with van der Waals surface area (Å²) in [5.74, 6) is -2.54. The van der Waals surface area contributed by atoms with Crippen LogP contribution >= 0.6 is 11.6 Å². The number of alkyl halides is 1. The number of carboxylic acids is 1. The van der Waals surface area contributed by atoms with Crippen LogP contribution in [0.4, 0.5) is 0 Å². The number of esters is 1. The maximum absolute atomic E-state index is 12.7. The molecule has 0 amide bonds. The quantitative estimate of drug-likeness (QED) is 0.502. The summed E-state index contributed by atoms with van der Waals surface area (Å²) < 4.78 is 5.74. The fourth-order valence-electron chi connectivity index (χ4n) is 7.50. The molecule has 0 saturated heterocycles. The number of fused-ring (bicyclic) bond motifs is 5. The predicted molar refractivity (Wildman–Crippen MR) is 114 cm³/mol. The number of ketones is 1. The van der Waals surface area contributed by atoms with Crippen LogP contribution in [0.2, 0.25) is 0 Å². The zero-order chi connectivity index (χ0) is 23.0. The third-order valence-electron chi connectivity index (χ3n) is 9.06. The first-order valence-electron chi connectivity index (χ1n) is 11.1. The van der Waals surface area contributed by atoms with Gasteiger partial charge in [0.05, 0.1) is 11.0 Å². The third kappa shape index (κ3) is 2.58. The summed E-state index contributed by atoms with van der Waals surface area (Å²) in [6, 6.07) is 0. The van der Waals surface area contributed by atoms with Crippen LogP contribution < -0.4 is 0 Å². The van der Waals surface area contributed by atoms with Gasteiger partial charge >= 0.3 is 11.9 Å². The number of aliphatic carboxylic acids is 1. The van der Waals surface area contributed by atoms with E-state index < -0.39 is 45.3 Å². The fourth-order valence-corrected chi connectivity index (χ4v) is 8.02. The lowest BCUT2D eigenvalue weighted by Crippen LogP contribution is -2.69. The van der Waals surface area contributed by atoms with Gasteiger partial charge in [-0.1, -0.05) is 39.3 Å². The average Bonchev–Trinajstić information content (AvgIpc) is 2.91. The van der Waals surface area contributed by atoms with Crippen molar-refractivity contribution in [3.63, 3.8) is 0 Å². The molecule has 6 nitrogen and oxygen atoms in total. The molecule has 0 radical (unpaired) electrons. The van der Waals surface area contributed by atoms with Gasteiger partial charge in [0.1, 0.15) is 0 Å². The summed E-state index contributed by atoms with van der Waals surface area (Å²) in [6.45, 7) is 7.26. The molecule has 0 aromatic heterocycles. The van der Waals surface area contributed by atoms with Crippen molar-refractivity contribution < 1.29 is 29.3 Å². The van der Waals surface area contributed by atoms with Crippen molar-refractivity contribution >= 4 is 29.3 Å². The Bertz CT molecular complexity index is 910. The molecule has 170 valence electrons. The zero-order valence-electron chi connectivity index (χ0n) is 18.5. The van der Waals surface area contributed by atoms with Crippen LogP contribution in [-0.4, -0.2) is 44.5 Å². The highest BCUT2D eigenvalue weighted by Gasteiger charge is 2.76. The van der Waals surface area contributed by atoms with Crippen molar-refractivity contribution in [3.05, 3.63) is 23.8 Å². The topological polar surface area (TPSA) is 101 Å². The lowest BCUT2D eigenvalue weighted by molar-refractivity contribution is -0.212. The van der Waals surface area contributed by atoms with Gasteiger partial charge < -0.3 is 14.9 Å². The fraction of sp³-hybridized carbons (Fsp3) is 0.708. The Balaban J connectivity index is 1.84. The highest BCUT2D eigenvalue weighted by Crippen LogP contribution is 2.72. The van der Waals surface area contributed by atoms with Crippen LogP contribution in [0, 0.1) is 28.6 Å². The van der Waals surface area contributed by atoms with E-state index in [4.69, 9.17) is 16.3 Å². The Labute approximate surface area is 187 Å². The molecule has 4 aliphatic carbocycles. The number of hydrogen-bond donors (Lipinski definition) is 2. The lowest BCUT2D eigenvalue weighted by Gasteiger charge is -2.63. The van der Waals surface area contributed by atoms with Crippen LogP contribution in [0.5, 0.6) is 0 Å². The molecule has 0 aromatic rings. The first-order valence-corrected chi connectivity index (χ1v) is 11.5. The molecule has 0 bridgehead atoms. The normalized spacial score (nSPS) is 48.3. The van der Waals surface area contributed by atoms with Gasteiger partial charge in [-0.15, -0.1) is 11.6 Å². The summed E-state index contributed by atoms with van der Waals surface area (Å²) in [4.78, 5) is 35.9.